The van der Waals surface area contributed by atoms with Crippen LogP contribution in [-0.2, 0) is 20.7 Å². The average Bonchev–Trinajstić information content (AvgIpc) is 3.17. The monoisotopic (exact) mass is 331 g/mol. The molecule has 1 aromatic rings. The third-order valence-electron chi connectivity index (χ3n) is 4.84. The average molecular weight is 331 g/mol. The summed E-state index contributed by atoms with van der Waals surface area (Å²) in [5.41, 5.74) is 1.17. The number of nitrogens with one attached hydrogen (secondary N) is 1. The summed E-state index contributed by atoms with van der Waals surface area (Å²) >= 11 is 0. The van der Waals surface area contributed by atoms with Crippen molar-refractivity contribution in [1.82, 2.24) is 15.2 Å². The van der Waals surface area contributed by atoms with Gasteiger partial charge in [0, 0.05) is 44.6 Å². The van der Waals surface area contributed by atoms with Crippen molar-refractivity contribution in [3.63, 3.8) is 0 Å². The highest BCUT2D eigenvalue weighted by Crippen LogP contribution is 2.21. The molecule has 3 heterocycles. The maximum atomic E-state index is 12.3. The summed E-state index contributed by atoms with van der Waals surface area (Å²) < 4.78 is 5.46. The van der Waals surface area contributed by atoms with E-state index in [4.69, 9.17) is 4.74 Å². The van der Waals surface area contributed by atoms with Gasteiger partial charge in [-0.3, -0.25) is 14.6 Å². The first-order chi connectivity index (χ1) is 11.7. The number of carbonyl (C=O) groups excluding carboxylic acids is 2. The Morgan fingerprint density at radius 3 is 2.62 bits per heavy atom. The Balaban J connectivity index is 1.38. The molecule has 1 atom stereocenters. The summed E-state index contributed by atoms with van der Waals surface area (Å²) in [5.74, 6) is 0.216. The summed E-state index contributed by atoms with van der Waals surface area (Å²) in [5, 5.41) is 3.01. The third kappa shape index (κ3) is 4.32. The minimum Gasteiger partial charge on any atom is -0.368 e. The predicted molar refractivity (Wildman–Crippen MR) is 89.2 cm³/mol. The van der Waals surface area contributed by atoms with Gasteiger partial charge in [0.2, 0.25) is 5.91 Å². The van der Waals surface area contributed by atoms with Crippen molar-refractivity contribution in [3.05, 3.63) is 30.1 Å². The molecule has 0 saturated carbocycles. The number of nitrogens with zero attached hydrogens (tertiary/aromatic N) is 2. The van der Waals surface area contributed by atoms with Gasteiger partial charge in [0.05, 0.1) is 0 Å². The van der Waals surface area contributed by atoms with E-state index in [1.54, 1.807) is 12.4 Å². The molecule has 2 aliphatic rings. The van der Waals surface area contributed by atoms with Crippen LogP contribution in [0.5, 0.6) is 0 Å². The second kappa shape index (κ2) is 8.24. The molecule has 2 aliphatic heterocycles. The van der Waals surface area contributed by atoms with Crippen LogP contribution in [0.2, 0.25) is 0 Å². The highest BCUT2D eigenvalue weighted by molar-refractivity contribution is 5.82. The van der Waals surface area contributed by atoms with Crippen molar-refractivity contribution in [3.8, 4) is 0 Å². The normalized spacial score (nSPS) is 21.7. The molecular formula is C18H25N3O3. The van der Waals surface area contributed by atoms with Crippen molar-refractivity contribution < 1.29 is 14.3 Å². The number of rotatable bonds is 5. The standard InChI is InChI=1S/C18H25N3O3/c22-17(20-10-5-14-3-8-19-9-4-14)15-6-11-21(12-7-15)18(23)16-2-1-13-24-16/h3-4,8-9,15-16H,1-2,5-7,10-13H2,(H,20,22). The first kappa shape index (κ1) is 16.9. The highest BCUT2D eigenvalue weighted by Gasteiger charge is 2.32. The number of hydrogen-bond acceptors (Lipinski definition) is 4. The van der Waals surface area contributed by atoms with Crippen LogP contribution in [-0.4, -0.2) is 54.0 Å². The summed E-state index contributed by atoms with van der Waals surface area (Å²) in [6.07, 6.45) is 7.34. The maximum Gasteiger partial charge on any atom is 0.251 e. The van der Waals surface area contributed by atoms with Crippen LogP contribution in [0.25, 0.3) is 0 Å². The van der Waals surface area contributed by atoms with E-state index < -0.39 is 0 Å². The molecule has 0 aliphatic carbocycles. The van der Waals surface area contributed by atoms with E-state index in [1.165, 1.54) is 5.56 Å². The highest BCUT2D eigenvalue weighted by atomic mass is 16.5. The van der Waals surface area contributed by atoms with Crippen LogP contribution in [0.4, 0.5) is 0 Å². The number of aromatic nitrogens is 1. The second-order valence-corrected chi connectivity index (χ2v) is 6.50. The second-order valence-electron chi connectivity index (χ2n) is 6.50. The Morgan fingerprint density at radius 2 is 1.96 bits per heavy atom. The SMILES string of the molecule is O=C(NCCc1ccncc1)C1CCN(C(=O)C2CCCO2)CC1. The number of piperidine rings is 1. The predicted octanol–water partition coefficient (Wildman–Crippen LogP) is 1.16. The summed E-state index contributed by atoms with van der Waals surface area (Å²) in [6.45, 7) is 2.63. The number of ether oxygens (including phenoxy) is 1. The number of hydrogen-bond donors (Lipinski definition) is 1. The molecule has 1 aromatic heterocycles. The van der Waals surface area contributed by atoms with Gasteiger partial charge in [0.15, 0.2) is 0 Å². The van der Waals surface area contributed by atoms with E-state index in [2.05, 4.69) is 10.3 Å². The van der Waals surface area contributed by atoms with Crippen molar-refractivity contribution >= 4 is 11.8 Å². The van der Waals surface area contributed by atoms with E-state index >= 15 is 0 Å². The van der Waals surface area contributed by atoms with Crippen LogP contribution >= 0.6 is 0 Å². The smallest absolute Gasteiger partial charge is 0.251 e. The lowest BCUT2D eigenvalue weighted by Crippen LogP contribution is -2.46. The molecule has 0 bridgehead atoms. The number of amides is 2. The topological polar surface area (TPSA) is 71.5 Å². The molecule has 1 unspecified atom stereocenters. The van der Waals surface area contributed by atoms with E-state index in [9.17, 15) is 9.59 Å². The Labute approximate surface area is 142 Å². The Morgan fingerprint density at radius 1 is 1.21 bits per heavy atom. The summed E-state index contributed by atoms with van der Waals surface area (Å²) in [4.78, 5) is 30.4. The van der Waals surface area contributed by atoms with Gasteiger partial charge >= 0.3 is 0 Å². The van der Waals surface area contributed by atoms with Crippen molar-refractivity contribution in [1.29, 1.82) is 0 Å². The zero-order valence-corrected chi connectivity index (χ0v) is 13.9. The van der Waals surface area contributed by atoms with Gasteiger partial charge in [-0.2, -0.15) is 0 Å². The van der Waals surface area contributed by atoms with Gasteiger partial charge in [-0.15, -0.1) is 0 Å². The molecule has 24 heavy (non-hydrogen) atoms. The molecule has 2 fully saturated rings. The lowest BCUT2D eigenvalue weighted by atomic mass is 9.95. The van der Waals surface area contributed by atoms with Gasteiger partial charge in [0.1, 0.15) is 6.10 Å². The van der Waals surface area contributed by atoms with Crippen LogP contribution < -0.4 is 5.32 Å². The number of likely N-dealkylation sites (tertiary alicyclic amines) is 1. The van der Waals surface area contributed by atoms with Gasteiger partial charge in [-0.05, 0) is 49.8 Å². The fourth-order valence-corrected chi connectivity index (χ4v) is 3.36. The first-order valence-corrected chi connectivity index (χ1v) is 8.81. The molecule has 0 aromatic carbocycles. The van der Waals surface area contributed by atoms with Gasteiger partial charge in [0.25, 0.3) is 5.91 Å². The number of pyridine rings is 1. The zero-order valence-electron chi connectivity index (χ0n) is 13.9. The molecule has 6 heteroatoms. The lowest BCUT2D eigenvalue weighted by molar-refractivity contribution is -0.143. The minimum atomic E-state index is -0.254. The molecule has 1 N–H and O–H groups in total. The summed E-state index contributed by atoms with van der Waals surface area (Å²) in [6, 6.07) is 3.92. The molecule has 2 amide bonds. The molecule has 0 radical (unpaired) electrons. The van der Waals surface area contributed by atoms with Crippen LogP contribution in [0.1, 0.15) is 31.2 Å². The largest absolute Gasteiger partial charge is 0.368 e. The number of carbonyl (C=O) groups is 2. The Hall–Kier alpha value is -1.95. The minimum absolute atomic E-state index is 0.0102. The van der Waals surface area contributed by atoms with Crippen LogP contribution in [0.15, 0.2) is 24.5 Å². The van der Waals surface area contributed by atoms with Crippen LogP contribution in [0, 0.1) is 5.92 Å². The molecule has 6 nitrogen and oxygen atoms in total. The van der Waals surface area contributed by atoms with Gasteiger partial charge in [-0.25, -0.2) is 0 Å². The van der Waals surface area contributed by atoms with E-state index in [-0.39, 0.29) is 23.8 Å². The Kier molecular flexibility index (Phi) is 5.80. The van der Waals surface area contributed by atoms with Crippen molar-refractivity contribution in [2.75, 3.05) is 26.2 Å². The van der Waals surface area contributed by atoms with Gasteiger partial charge < -0.3 is 15.0 Å². The quantitative estimate of drug-likeness (QED) is 0.879. The fourth-order valence-electron chi connectivity index (χ4n) is 3.36. The van der Waals surface area contributed by atoms with E-state index in [1.807, 2.05) is 17.0 Å². The van der Waals surface area contributed by atoms with Crippen molar-refractivity contribution in [2.24, 2.45) is 5.92 Å². The molecule has 2 saturated heterocycles. The van der Waals surface area contributed by atoms with E-state index in [0.717, 1.165) is 32.1 Å². The first-order valence-electron chi connectivity index (χ1n) is 8.81. The molecule has 130 valence electrons. The third-order valence-corrected chi connectivity index (χ3v) is 4.84. The molecule has 3 rings (SSSR count). The summed E-state index contributed by atoms with van der Waals surface area (Å²) in [7, 11) is 0. The van der Waals surface area contributed by atoms with E-state index in [0.29, 0.717) is 26.2 Å². The lowest BCUT2D eigenvalue weighted by Gasteiger charge is -2.32. The van der Waals surface area contributed by atoms with Crippen molar-refractivity contribution in [2.45, 2.75) is 38.2 Å². The zero-order chi connectivity index (χ0) is 16.8. The molecule has 0 spiro atoms. The van der Waals surface area contributed by atoms with Crippen LogP contribution in [0.3, 0.4) is 0 Å². The fraction of sp³-hybridized carbons (Fsp3) is 0.611. The molecular weight excluding hydrogens is 306 g/mol. The Bertz CT molecular complexity index is 550. The maximum absolute atomic E-state index is 12.3. The van der Waals surface area contributed by atoms with Gasteiger partial charge in [-0.1, -0.05) is 0 Å².